The zero-order chi connectivity index (χ0) is 14.9. The number of methoxy groups -OCH3 is 1. The van der Waals surface area contributed by atoms with Crippen molar-refractivity contribution in [1.29, 1.82) is 0 Å². The summed E-state index contributed by atoms with van der Waals surface area (Å²) in [6.07, 6.45) is 0.474. The number of aliphatic hydroxyl groups excluding tert-OH is 1. The zero-order valence-electron chi connectivity index (χ0n) is 12.0. The van der Waals surface area contributed by atoms with Crippen LogP contribution >= 0.6 is 11.3 Å². The van der Waals surface area contributed by atoms with E-state index in [1.807, 2.05) is 29.6 Å². The monoisotopic (exact) mass is 302 g/mol. The molecule has 2 aromatic rings. The molecular formula is C17H18O3S. The van der Waals surface area contributed by atoms with Crippen LogP contribution in [0.25, 0.3) is 0 Å². The van der Waals surface area contributed by atoms with Crippen molar-refractivity contribution in [3.05, 3.63) is 51.7 Å². The van der Waals surface area contributed by atoms with Gasteiger partial charge >= 0.3 is 0 Å². The number of ether oxygens (including phenoxy) is 2. The van der Waals surface area contributed by atoms with Crippen LogP contribution in [-0.4, -0.2) is 18.8 Å². The minimum Gasteiger partial charge on any atom is -0.497 e. The van der Waals surface area contributed by atoms with Gasteiger partial charge in [0.25, 0.3) is 0 Å². The van der Waals surface area contributed by atoms with E-state index in [1.165, 1.54) is 4.88 Å². The van der Waals surface area contributed by atoms with E-state index in [0.717, 1.165) is 16.9 Å². The van der Waals surface area contributed by atoms with Crippen LogP contribution in [0.3, 0.4) is 0 Å². The Kier molecular flexibility index (Phi) is 6.29. The molecule has 2 rings (SSSR count). The maximum Gasteiger partial charge on any atom is 0.119 e. The lowest BCUT2D eigenvalue weighted by molar-refractivity contribution is 0.109. The highest BCUT2D eigenvalue weighted by atomic mass is 32.1. The number of rotatable bonds is 6. The predicted octanol–water partition coefficient (Wildman–Crippen LogP) is 3.21. The normalized spacial score (nSPS) is 10.0. The molecule has 0 spiro atoms. The third kappa shape index (κ3) is 4.91. The standard InChI is InChI=1S/C17H18O3S/c1-19-16-8-7-14(5-2-3-9-18)15(11-16)12-20-13-17-6-4-10-21-17/h4,6-8,10-11,18H,3,9,12-13H2,1H3. The van der Waals surface area contributed by atoms with Gasteiger partial charge in [0.2, 0.25) is 0 Å². The Hall–Kier alpha value is -1.80. The molecule has 0 amide bonds. The first-order chi connectivity index (χ1) is 10.3. The number of aliphatic hydroxyl groups is 1. The average Bonchev–Trinajstić information content (AvgIpc) is 3.02. The molecule has 0 fully saturated rings. The fourth-order valence-electron chi connectivity index (χ4n) is 1.81. The second kappa shape index (κ2) is 8.48. The van der Waals surface area contributed by atoms with Crippen molar-refractivity contribution in [3.8, 4) is 17.6 Å². The second-order valence-corrected chi connectivity index (χ2v) is 5.40. The summed E-state index contributed by atoms with van der Waals surface area (Å²) in [5.41, 5.74) is 1.91. The summed E-state index contributed by atoms with van der Waals surface area (Å²) in [7, 11) is 1.64. The number of thiophene rings is 1. The van der Waals surface area contributed by atoms with Crippen LogP contribution in [0, 0.1) is 11.8 Å². The Morgan fingerprint density at radius 2 is 2.14 bits per heavy atom. The molecule has 0 bridgehead atoms. The van der Waals surface area contributed by atoms with E-state index in [0.29, 0.717) is 19.6 Å². The molecule has 0 aliphatic rings. The summed E-state index contributed by atoms with van der Waals surface area (Å²) in [4.78, 5) is 1.20. The van der Waals surface area contributed by atoms with E-state index in [1.54, 1.807) is 18.4 Å². The molecule has 0 unspecified atom stereocenters. The van der Waals surface area contributed by atoms with Gasteiger partial charge in [-0.15, -0.1) is 11.3 Å². The molecule has 0 radical (unpaired) electrons. The molecule has 1 aromatic carbocycles. The Morgan fingerprint density at radius 3 is 2.86 bits per heavy atom. The lowest BCUT2D eigenvalue weighted by Crippen LogP contribution is -1.97. The second-order valence-electron chi connectivity index (χ2n) is 4.37. The van der Waals surface area contributed by atoms with E-state index in [2.05, 4.69) is 17.9 Å². The first-order valence-corrected chi connectivity index (χ1v) is 7.58. The maximum absolute atomic E-state index is 8.80. The molecule has 21 heavy (non-hydrogen) atoms. The fourth-order valence-corrected chi connectivity index (χ4v) is 2.45. The Morgan fingerprint density at radius 1 is 1.24 bits per heavy atom. The van der Waals surface area contributed by atoms with Gasteiger partial charge in [-0.05, 0) is 35.2 Å². The summed E-state index contributed by atoms with van der Waals surface area (Å²) in [5.74, 6) is 6.79. The predicted molar refractivity (Wildman–Crippen MR) is 84.4 cm³/mol. The highest BCUT2D eigenvalue weighted by Gasteiger charge is 2.04. The van der Waals surface area contributed by atoms with Crippen LogP contribution in [0.5, 0.6) is 5.75 Å². The van der Waals surface area contributed by atoms with Gasteiger partial charge in [-0.3, -0.25) is 0 Å². The Labute approximate surface area is 129 Å². The van der Waals surface area contributed by atoms with Gasteiger partial charge in [0, 0.05) is 16.9 Å². The first-order valence-electron chi connectivity index (χ1n) is 6.70. The van der Waals surface area contributed by atoms with E-state index in [9.17, 15) is 0 Å². The minimum atomic E-state index is 0.0768. The van der Waals surface area contributed by atoms with E-state index in [-0.39, 0.29) is 6.61 Å². The molecular weight excluding hydrogens is 284 g/mol. The quantitative estimate of drug-likeness (QED) is 0.833. The molecule has 0 saturated heterocycles. The third-order valence-corrected chi connectivity index (χ3v) is 3.70. The largest absolute Gasteiger partial charge is 0.497 e. The van der Waals surface area contributed by atoms with Crippen LogP contribution in [0.15, 0.2) is 35.7 Å². The summed E-state index contributed by atoms with van der Waals surface area (Å²) < 4.78 is 11.0. The summed E-state index contributed by atoms with van der Waals surface area (Å²) >= 11 is 1.68. The van der Waals surface area contributed by atoms with Gasteiger partial charge < -0.3 is 14.6 Å². The molecule has 4 heteroatoms. The third-order valence-electron chi connectivity index (χ3n) is 2.85. The summed E-state index contributed by atoms with van der Waals surface area (Å²) in [5, 5.41) is 10.8. The van der Waals surface area contributed by atoms with Crippen LogP contribution in [0.2, 0.25) is 0 Å². The number of benzene rings is 1. The molecule has 110 valence electrons. The topological polar surface area (TPSA) is 38.7 Å². The minimum absolute atomic E-state index is 0.0768. The smallest absolute Gasteiger partial charge is 0.119 e. The average molecular weight is 302 g/mol. The van der Waals surface area contributed by atoms with Gasteiger partial charge in [-0.25, -0.2) is 0 Å². The molecule has 0 saturated carbocycles. The van der Waals surface area contributed by atoms with E-state index >= 15 is 0 Å². The van der Waals surface area contributed by atoms with Crippen molar-refractivity contribution >= 4 is 11.3 Å². The van der Waals surface area contributed by atoms with Crippen molar-refractivity contribution < 1.29 is 14.6 Å². The van der Waals surface area contributed by atoms with Crippen molar-refractivity contribution in [2.75, 3.05) is 13.7 Å². The van der Waals surface area contributed by atoms with E-state index in [4.69, 9.17) is 14.6 Å². The lowest BCUT2D eigenvalue weighted by atomic mass is 10.1. The summed E-state index contributed by atoms with van der Waals surface area (Å²) in [6, 6.07) is 9.81. The molecule has 1 N–H and O–H groups in total. The van der Waals surface area contributed by atoms with Crippen LogP contribution < -0.4 is 4.74 Å². The molecule has 0 atom stereocenters. The van der Waals surface area contributed by atoms with Crippen LogP contribution in [0.1, 0.15) is 22.4 Å². The highest BCUT2D eigenvalue weighted by Crippen LogP contribution is 2.19. The van der Waals surface area contributed by atoms with Gasteiger partial charge in [-0.1, -0.05) is 17.9 Å². The van der Waals surface area contributed by atoms with Gasteiger partial charge in [0.1, 0.15) is 5.75 Å². The van der Waals surface area contributed by atoms with Crippen molar-refractivity contribution in [3.63, 3.8) is 0 Å². The molecule has 1 aromatic heterocycles. The summed E-state index contributed by atoms with van der Waals surface area (Å²) in [6.45, 7) is 1.16. The maximum atomic E-state index is 8.80. The molecule has 0 aliphatic carbocycles. The van der Waals surface area contributed by atoms with Gasteiger partial charge in [0.05, 0.1) is 26.9 Å². The zero-order valence-corrected chi connectivity index (χ0v) is 12.8. The molecule has 3 nitrogen and oxygen atoms in total. The molecule has 0 aliphatic heterocycles. The van der Waals surface area contributed by atoms with Crippen LogP contribution in [0.4, 0.5) is 0 Å². The number of hydrogen-bond acceptors (Lipinski definition) is 4. The van der Waals surface area contributed by atoms with Crippen LogP contribution in [-0.2, 0) is 18.0 Å². The molecule has 1 heterocycles. The van der Waals surface area contributed by atoms with E-state index < -0.39 is 0 Å². The van der Waals surface area contributed by atoms with Crippen molar-refractivity contribution in [2.24, 2.45) is 0 Å². The Balaban J connectivity index is 2.05. The van der Waals surface area contributed by atoms with Crippen molar-refractivity contribution in [1.82, 2.24) is 0 Å². The van der Waals surface area contributed by atoms with Gasteiger partial charge in [-0.2, -0.15) is 0 Å². The lowest BCUT2D eigenvalue weighted by Gasteiger charge is -2.08. The Bertz CT molecular complexity index is 609. The highest BCUT2D eigenvalue weighted by molar-refractivity contribution is 7.09. The number of hydrogen-bond donors (Lipinski definition) is 1. The van der Waals surface area contributed by atoms with Crippen molar-refractivity contribution in [2.45, 2.75) is 19.6 Å². The SMILES string of the molecule is COc1ccc(C#CCCO)c(COCc2cccs2)c1. The first kappa shape index (κ1) is 15.6. The van der Waals surface area contributed by atoms with Gasteiger partial charge in [0.15, 0.2) is 0 Å². The fraction of sp³-hybridized carbons (Fsp3) is 0.294.